The van der Waals surface area contributed by atoms with Crippen molar-refractivity contribution in [2.45, 2.75) is 19.8 Å². The summed E-state index contributed by atoms with van der Waals surface area (Å²) in [5, 5.41) is 0. The van der Waals surface area contributed by atoms with Gasteiger partial charge in [0.2, 0.25) is 5.91 Å². The average Bonchev–Trinajstić information content (AvgIpc) is 2.89. The molecule has 7 heteroatoms. The number of hydrogen-bond donors (Lipinski definition) is 3. The predicted octanol–water partition coefficient (Wildman–Crippen LogP) is 1.94. The molecule has 0 heterocycles. The molecule has 28 heavy (non-hydrogen) atoms. The molecule has 1 aromatic rings. The van der Waals surface area contributed by atoms with Gasteiger partial charge in [0.05, 0.1) is 12.1 Å². The van der Waals surface area contributed by atoms with Crippen LogP contribution < -0.4 is 17.2 Å². The van der Waals surface area contributed by atoms with Gasteiger partial charge in [0.25, 0.3) is 0 Å². The van der Waals surface area contributed by atoms with E-state index in [1.54, 1.807) is 0 Å². The molecule has 0 saturated heterocycles. The van der Waals surface area contributed by atoms with Crippen LogP contribution in [0.2, 0.25) is 0 Å². The van der Waals surface area contributed by atoms with Crippen molar-refractivity contribution in [2.24, 2.45) is 29.0 Å². The number of nitrogens with two attached hydrogens (primary N) is 3. The summed E-state index contributed by atoms with van der Waals surface area (Å²) >= 11 is 0. The Hall–Kier alpha value is -2.85. The van der Waals surface area contributed by atoms with Crippen molar-refractivity contribution in [3.05, 3.63) is 52.7 Å². The standard InChI is InChI=1S/C21H26F2N4O/c1-3-6-13-9-14(10-18(24)20-16(22)7-5-8-17(20)23)21(26)15(13)11-27(4-2)12-19(25)28/h1,5,7-8,10,13,15H,4,6,9,11-12,24,26H2,2H3,(H2,25,28)/b18-10-. The summed E-state index contributed by atoms with van der Waals surface area (Å²) in [6.45, 7) is 3.19. The van der Waals surface area contributed by atoms with Gasteiger partial charge >= 0.3 is 0 Å². The van der Waals surface area contributed by atoms with Gasteiger partial charge in [-0.05, 0) is 42.7 Å². The smallest absolute Gasteiger partial charge is 0.231 e. The lowest BCUT2D eigenvalue weighted by molar-refractivity contribution is -0.119. The van der Waals surface area contributed by atoms with Crippen molar-refractivity contribution in [3.63, 3.8) is 0 Å². The second-order valence-corrected chi connectivity index (χ2v) is 6.95. The highest BCUT2D eigenvalue weighted by molar-refractivity contribution is 5.75. The van der Waals surface area contributed by atoms with Crippen LogP contribution in [0.3, 0.4) is 0 Å². The number of likely N-dealkylation sites (N-methyl/N-ethyl adjacent to an activating group) is 1. The molecule has 2 atom stereocenters. The number of rotatable bonds is 8. The van der Waals surface area contributed by atoms with E-state index in [1.807, 2.05) is 11.8 Å². The zero-order chi connectivity index (χ0) is 20.8. The summed E-state index contributed by atoms with van der Waals surface area (Å²) in [5.41, 5.74) is 18.6. The third-order valence-electron chi connectivity index (χ3n) is 5.06. The van der Waals surface area contributed by atoms with Gasteiger partial charge in [-0.25, -0.2) is 8.78 Å². The SMILES string of the molecule is C#CCC1CC(/C=C(\N)c2c(F)cccc2F)=C(N)C1CN(CC)CC(N)=O. The van der Waals surface area contributed by atoms with Crippen LogP contribution in [0.25, 0.3) is 5.70 Å². The fourth-order valence-electron chi connectivity index (χ4n) is 3.63. The summed E-state index contributed by atoms with van der Waals surface area (Å²) in [4.78, 5) is 13.2. The zero-order valence-electron chi connectivity index (χ0n) is 15.9. The molecule has 0 aliphatic heterocycles. The fourth-order valence-corrected chi connectivity index (χ4v) is 3.63. The number of primary amides is 1. The number of halogens is 2. The summed E-state index contributed by atoms with van der Waals surface area (Å²) in [7, 11) is 0. The highest BCUT2D eigenvalue weighted by Crippen LogP contribution is 2.38. The first-order valence-electron chi connectivity index (χ1n) is 9.12. The van der Waals surface area contributed by atoms with E-state index >= 15 is 0 Å². The molecule has 6 N–H and O–H groups in total. The van der Waals surface area contributed by atoms with E-state index in [4.69, 9.17) is 23.6 Å². The van der Waals surface area contributed by atoms with Crippen LogP contribution in [0.1, 0.15) is 25.3 Å². The number of carbonyl (C=O) groups excluding carboxylic acids is 1. The average molecular weight is 388 g/mol. The zero-order valence-corrected chi connectivity index (χ0v) is 15.9. The van der Waals surface area contributed by atoms with E-state index in [0.29, 0.717) is 37.2 Å². The molecule has 5 nitrogen and oxygen atoms in total. The molecule has 150 valence electrons. The number of hydrogen-bond acceptors (Lipinski definition) is 4. The Bertz CT molecular complexity index is 821. The van der Waals surface area contributed by atoms with Crippen LogP contribution in [-0.4, -0.2) is 30.4 Å². The quantitative estimate of drug-likeness (QED) is 0.593. The Morgan fingerprint density at radius 1 is 1.36 bits per heavy atom. The van der Waals surface area contributed by atoms with Gasteiger partial charge in [-0.3, -0.25) is 9.69 Å². The van der Waals surface area contributed by atoms with Crippen molar-refractivity contribution in [1.29, 1.82) is 0 Å². The van der Waals surface area contributed by atoms with Crippen LogP contribution in [0.4, 0.5) is 8.78 Å². The molecule has 1 aliphatic carbocycles. The second kappa shape index (κ2) is 9.38. The maximum atomic E-state index is 14.0. The minimum Gasteiger partial charge on any atom is -0.402 e. The van der Waals surface area contributed by atoms with E-state index in [2.05, 4.69) is 5.92 Å². The Labute approximate surface area is 164 Å². The largest absolute Gasteiger partial charge is 0.402 e. The highest BCUT2D eigenvalue weighted by Gasteiger charge is 2.33. The Morgan fingerprint density at radius 3 is 2.54 bits per heavy atom. The maximum Gasteiger partial charge on any atom is 0.231 e. The molecule has 0 spiro atoms. The number of terminal acetylenes is 1. The first-order valence-corrected chi connectivity index (χ1v) is 9.12. The molecular weight excluding hydrogens is 362 g/mol. The van der Waals surface area contributed by atoms with Crippen molar-refractivity contribution >= 4 is 11.6 Å². The number of nitrogens with zero attached hydrogens (tertiary/aromatic N) is 1. The van der Waals surface area contributed by atoms with Crippen LogP contribution >= 0.6 is 0 Å². The molecule has 2 unspecified atom stereocenters. The van der Waals surface area contributed by atoms with Crippen LogP contribution in [0.15, 0.2) is 35.5 Å². The van der Waals surface area contributed by atoms with E-state index in [-0.39, 0.29) is 29.6 Å². The van der Waals surface area contributed by atoms with Gasteiger partial charge in [0, 0.05) is 30.3 Å². The normalized spacial score (nSPS) is 19.9. The van der Waals surface area contributed by atoms with E-state index < -0.39 is 17.5 Å². The molecule has 1 aliphatic rings. The first kappa shape index (κ1) is 21.5. The summed E-state index contributed by atoms with van der Waals surface area (Å²) in [6, 6.07) is 3.58. The topological polar surface area (TPSA) is 98.4 Å². The Kier molecular flexibility index (Phi) is 7.18. The molecular formula is C21H26F2N4O. The molecule has 0 aromatic heterocycles. The lowest BCUT2D eigenvalue weighted by Gasteiger charge is -2.27. The highest BCUT2D eigenvalue weighted by atomic mass is 19.1. The molecule has 0 bridgehead atoms. The van der Waals surface area contributed by atoms with Gasteiger partial charge in [-0.2, -0.15) is 0 Å². The molecule has 1 amide bonds. The number of carbonyl (C=O) groups is 1. The van der Waals surface area contributed by atoms with Gasteiger partial charge in [-0.15, -0.1) is 12.3 Å². The molecule has 2 rings (SSSR count). The van der Waals surface area contributed by atoms with Crippen LogP contribution in [0.5, 0.6) is 0 Å². The lowest BCUT2D eigenvalue weighted by atomic mass is 9.90. The van der Waals surface area contributed by atoms with Gasteiger partial charge in [0.1, 0.15) is 11.6 Å². The number of allylic oxidation sites excluding steroid dienone is 2. The molecule has 0 saturated carbocycles. The summed E-state index contributed by atoms with van der Waals surface area (Å²) < 4.78 is 28.0. The van der Waals surface area contributed by atoms with Crippen molar-refractivity contribution in [1.82, 2.24) is 4.90 Å². The molecule has 1 aromatic carbocycles. The Balaban J connectivity index is 2.34. The monoisotopic (exact) mass is 388 g/mol. The van der Waals surface area contributed by atoms with Gasteiger partial charge in [-0.1, -0.05) is 13.0 Å². The van der Waals surface area contributed by atoms with E-state index in [1.165, 1.54) is 12.1 Å². The van der Waals surface area contributed by atoms with E-state index in [0.717, 1.165) is 12.1 Å². The third kappa shape index (κ3) is 4.90. The minimum absolute atomic E-state index is 0.0295. The van der Waals surface area contributed by atoms with Crippen LogP contribution in [0, 0.1) is 35.8 Å². The number of benzene rings is 1. The van der Waals surface area contributed by atoms with Gasteiger partial charge in [0.15, 0.2) is 0 Å². The van der Waals surface area contributed by atoms with Crippen LogP contribution in [-0.2, 0) is 4.79 Å². The molecule has 0 radical (unpaired) electrons. The maximum absolute atomic E-state index is 14.0. The molecule has 0 fully saturated rings. The summed E-state index contributed by atoms with van der Waals surface area (Å²) in [5.74, 6) is 0.716. The fraction of sp³-hybridized carbons (Fsp3) is 0.381. The van der Waals surface area contributed by atoms with Crippen molar-refractivity contribution in [3.8, 4) is 12.3 Å². The number of amides is 1. The van der Waals surface area contributed by atoms with Crippen molar-refractivity contribution in [2.75, 3.05) is 19.6 Å². The third-order valence-corrected chi connectivity index (χ3v) is 5.06. The minimum atomic E-state index is -0.735. The summed E-state index contributed by atoms with van der Waals surface area (Å²) in [6.07, 6.45) is 8.06. The van der Waals surface area contributed by atoms with E-state index in [9.17, 15) is 13.6 Å². The second-order valence-electron chi connectivity index (χ2n) is 6.95. The lowest BCUT2D eigenvalue weighted by Crippen LogP contribution is -2.39. The predicted molar refractivity (Wildman–Crippen MR) is 106 cm³/mol. The first-order chi connectivity index (χ1) is 13.3. The Morgan fingerprint density at radius 2 is 2.00 bits per heavy atom. The van der Waals surface area contributed by atoms with Gasteiger partial charge < -0.3 is 17.2 Å². The van der Waals surface area contributed by atoms with Crippen molar-refractivity contribution < 1.29 is 13.6 Å².